The van der Waals surface area contributed by atoms with Crippen LogP contribution >= 0.6 is 0 Å². The van der Waals surface area contributed by atoms with E-state index in [1.54, 1.807) is 20.8 Å². The van der Waals surface area contributed by atoms with Crippen LogP contribution in [0.4, 0.5) is 8.78 Å². The highest BCUT2D eigenvalue weighted by atomic mass is 19.1. The van der Waals surface area contributed by atoms with E-state index >= 15 is 0 Å². The highest BCUT2D eigenvalue weighted by Crippen LogP contribution is 2.35. The predicted octanol–water partition coefficient (Wildman–Crippen LogP) is 3.39. The lowest BCUT2D eigenvalue weighted by molar-refractivity contribution is -0.323. The van der Waals surface area contributed by atoms with Crippen molar-refractivity contribution >= 4 is 17.8 Å². The summed E-state index contributed by atoms with van der Waals surface area (Å²) in [7, 11) is 0. The lowest BCUT2D eigenvalue weighted by Crippen LogP contribution is -2.43. The van der Waals surface area contributed by atoms with Crippen LogP contribution in [-0.2, 0) is 14.6 Å². The Morgan fingerprint density at radius 1 is 1.00 bits per heavy atom. The molecule has 0 bridgehead atoms. The largest absolute Gasteiger partial charge is 0.345 e. The third-order valence-corrected chi connectivity index (χ3v) is 4.74. The van der Waals surface area contributed by atoms with Crippen molar-refractivity contribution in [1.82, 2.24) is 4.90 Å². The molecule has 8 heteroatoms. The summed E-state index contributed by atoms with van der Waals surface area (Å²) in [6.07, 6.45) is 1.47. The van der Waals surface area contributed by atoms with Crippen molar-refractivity contribution in [3.05, 3.63) is 34.9 Å². The molecule has 0 atom stereocenters. The van der Waals surface area contributed by atoms with Crippen LogP contribution in [0.5, 0.6) is 0 Å². The number of imide groups is 1. The van der Waals surface area contributed by atoms with Crippen molar-refractivity contribution < 1.29 is 32.9 Å². The lowest BCUT2D eigenvalue weighted by Gasteiger charge is -2.32. The number of rotatable bonds is 3. The van der Waals surface area contributed by atoms with E-state index in [9.17, 15) is 23.2 Å². The summed E-state index contributed by atoms with van der Waals surface area (Å²) in [5, 5.41) is 0. The summed E-state index contributed by atoms with van der Waals surface area (Å²) >= 11 is 0. The van der Waals surface area contributed by atoms with Crippen molar-refractivity contribution in [1.29, 1.82) is 0 Å². The van der Waals surface area contributed by atoms with Crippen LogP contribution in [0, 0.1) is 17.6 Å². The first-order valence-corrected chi connectivity index (χ1v) is 8.85. The molecule has 1 aromatic carbocycles. The molecule has 0 spiro atoms. The fourth-order valence-electron chi connectivity index (χ4n) is 3.44. The number of hydrogen-bond acceptors (Lipinski definition) is 5. The maximum atomic E-state index is 13.9. The van der Waals surface area contributed by atoms with Gasteiger partial charge in [0, 0.05) is 6.04 Å². The van der Waals surface area contributed by atoms with Crippen molar-refractivity contribution in [3.63, 3.8) is 0 Å². The predicted molar refractivity (Wildman–Crippen MR) is 89.5 cm³/mol. The van der Waals surface area contributed by atoms with Crippen LogP contribution in [0.3, 0.4) is 0 Å². The topological polar surface area (TPSA) is 72.9 Å². The molecule has 146 valence electrons. The van der Waals surface area contributed by atoms with Gasteiger partial charge in [-0.25, -0.2) is 13.6 Å². The van der Waals surface area contributed by atoms with Crippen molar-refractivity contribution in [2.24, 2.45) is 5.92 Å². The molecule has 0 radical (unpaired) electrons. The first-order chi connectivity index (χ1) is 12.6. The van der Waals surface area contributed by atoms with Gasteiger partial charge in [-0.3, -0.25) is 19.4 Å². The highest BCUT2D eigenvalue weighted by Gasteiger charge is 2.45. The average molecular weight is 381 g/mol. The molecule has 0 N–H and O–H groups in total. The summed E-state index contributed by atoms with van der Waals surface area (Å²) < 4.78 is 27.9. The van der Waals surface area contributed by atoms with Crippen molar-refractivity contribution in [2.75, 3.05) is 0 Å². The number of fused-ring (bicyclic) bond motifs is 1. The maximum Gasteiger partial charge on any atom is 0.345 e. The van der Waals surface area contributed by atoms with Gasteiger partial charge in [0.25, 0.3) is 11.8 Å². The number of carbonyl (C=O) groups is 3. The third-order valence-electron chi connectivity index (χ3n) is 4.74. The molecule has 1 saturated carbocycles. The van der Waals surface area contributed by atoms with E-state index in [4.69, 9.17) is 9.78 Å². The summed E-state index contributed by atoms with van der Waals surface area (Å²) in [5.74, 6) is -4.38. The van der Waals surface area contributed by atoms with Gasteiger partial charge in [-0.15, -0.1) is 0 Å². The average Bonchev–Trinajstić information content (AvgIpc) is 2.87. The lowest BCUT2D eigenvalue weighted by atomic mass is 9.85. The van der Waals surface area contributed by atoms with E-state index in [1.165, 1.54) is 0 Å². The minimum Gasteiger partial charge on any atom is -0.298 e. The first kappa shape index (κ1) is 19.4. The molecule has 0 aromatic heterocycles. The number of nitrogens with zero attached hydrogens (tertiary/aromatic N) is 1. The van der Waals surface area contributed by atoms with Crippen LogP contribution in [0.2, 0.25) is 0 Å². The van der Waals surface area contributed by atoms with Crippen LogP contribution in [0.15, 0.2) is 12.1 Å². The normalized spacial score (nSPS) is 22.8. The summed E-state index contributed by atoms with van der Waals surface area (Å²) in [4.78, 5) is 47.9. The summed E-state index contributed by atoms with van der Waals surface area (Å²) in [6, 6.07) is 1.17. The first-order valence-electron chi connectivity index (χ1n) is 8.85. The van der Waals surface area contributed by atoms with Gasteiger partial charge in [0.1, 0.15) is 17.2 Å². The Hall–Kier alpha value is -2.35. The standard InChI is InChI=1S/C19H21F2NO5/c1-19(2,3)27-26-18(25)10-4-6-11(7-5-10)22-16(23)14-12(20)8-9-13(21)15(14)17(22)24/h8-11H,4-7H2,1-3H3. The molecule has 2 aliphatic rings. The second-order valence-electron chi connectivity index (χ2n) is 7.86. The second kappa shape index (κ2) is 6.99. The van der Waals surface area contributed by atoms with E-state index < -0.39 is 58.1 Å². The van der Waals surface area contributed by atoms with Crippen LogP contribution < -0.4 is 0 Å². The zero-order valence-corrected chi connectivity index (χ0v) is 15.4. The smallest absolute Gasteiger partial charge is 0.298 e. The van der Waals surface area contributed by atoms with Gasteiger partial charge in [-0.2, -0.15) is 4.89 Å². The molecule has 1 fully saturated rings. The van der Waals surface area contributed by atoms with Crippen molar-refractivity contribution in [3.8, 4) is 0 Å². The fraction of sp³-hybridized carbons (Fsp3) is 0.526. The minimum absolute atomic E-state index is 0.351. The number of amides is 2. The zero-order chi connectivity index (χ0) is 19.9. The monoisotopic (exact) mass is 381 g/mol. The minimum atomic E-state index is -0.913. The summed E-state index contributed by atoms with van der Waals surface area (Å²) in [5.41, 5.74) is -1.65. The van der Waals surface area contributed by atoms with E-state index in [0.717, 1.165) is 17.0 Å². The number of benzene rings is 1. The van der Waals surface area contributed by atoms with Crippen LogP contribution in [0.25, 0.3) is 0 Å². The Balaban J connectivity index is 1.66. The van der Waals surface area contributed by atoms with Crippen LogP contribution in [0.1, 0.15) is 67.2 Å². The maximum absolute atomic E-state index is 13.9. The Kier molecular flexibility index (Phi) is 5.03. The fourth-order valence-corrected chi connectivity index (χ4v) is 3.44. The Bertz CT molecular complexity index is 753. The molecule has 27 heavy (non-hydrogen) atoms. The van der Waals surface area contributed by atoms with Crippen molar-refractivity contribution in [2.45, 2.75) is 58.1 Å². The van der Waals surface area contributed by atoms with Crippen LogP contribution in [-0.4, -0.2) is 34.3 Å². The molecule has 3 rings (SSSR count). The molecular weight excluding hydrogens is 360 g/mol. The van der Waals surface area contributed by atoms with Gasteiger partial charge in [-0.1, -0.05) is 0 Å². The second-order valence-corrected chi connectivity index (χ2v) is 7.86. The van der Waals surface area contributed by atoms with E-state index in [-0.39, 0.29) is 0 Å². The number of hydrogen-bond donors (Lipinski definition) is 0. The molecular formula is C19H21F2NO5. The summed E-state index contributed by atoms with van der Waals surface area (Å²) in [6.45, 7) is 5.24. The molecule has 1 aliphatic heterocycles. The number of carbonyl (C=O) groups excluding carboxylic acids is 3. The van der Waals surface area contributed by atoms with Gasteiger partial charge in [0.05, 0.1) is 17.0 Å². The van der Waals surface area contributed by atoms with Gasteiger partial charge in [-0.05, 0) is 58.6 Å². The molecule has 1 heterocycles. The molecule has 0 saturated heterocycles. The SMILES string of the molecule is CC(C)(C)OOC(=O)C1CCC(N2C(=O)c3c(F)ccc(F)c3C2=O)CC1. The molecule has 1 aliphatic carbocycles. The van der Waals surface area contributed by atoms with Gasteiger partial charge >= 0.3 is 5.97 Å². The third kappa shape index (κ3) is 3.71. The van der Waals surface area contributed by atoms with Gasteiger partial charge in [0.2, 0.25) is 0 Å². The number of halogens is 2. The zero-order valence-electron chi connectivity index (χ0n) is 15.4. The Labute approximate surface area is 155 Å². The highest BCUT2D eigenvalue weighted by molar-refractivity contribution is 6.21. The quantitative estimate of drug-likeness (QED) is 0.456. The van der Waals surface area contributed by atoms with E-state index in [1.807, 2.05) is 0 Å². The Morgan fingerprint density at radius 2 is 1.48 bits per heavy atom. The van der Waals surface area contributed by atoms with E-state index in [2.05, 4.69) is 0 Å². The molecule has 2 amide bonds. The molecule has 6 nitrogen and oxygen atoms in total. The Morgan fingerprint density at radius 3 is 1.93 bits per heavy atom. The van der Waals surface area contributed by atoms with E-state index in [0.29, 0.717) is 25.7 Å². The molecule has 0 unspecified atom stereocenters. The molecule has 1 aromatic rings. The van der Waals surface area contributed by atoms with Gasteiger partial charge in [0.15, 0.2) is 0 Å². The van der Waals surface area contributed by atoms with Gasteiger partial charge < -0.3 is 0 Å².